The molecule has 0 bridgehead atoms. The molecule has 2 amide bonds. The number of nitrogens with zero attached hydrogens (tertiary/aromatic N) is 3. The van der Waals surface area contributed by atoms with E-state index in [1.807, 2.05) is 26.0 Å². The molecule has 3 aliphatic rings. The van der Waals surface area contributed by atoms with Crippen LogP contribution in [-0.2, 0) is 14.3 Å². The maximum Gasteiger partial charge on any atom is 0.251 e. The monoisotopic (exact) mass is 591 g/mol. The standard InChI is InChI=1S/C34H49N5O4/c1-24(8-7-15-39-17-11-27(20-25(39)2)31-10-6-9-29(23-40)43-31)33(42)37-30-21-28(22-35-26(30)3)36-32(41)12-16-38-18-13-34(4,5)14-19-38/h8,10-11,17,20-22,25,29,40H,6-7,9,12-16,18-19,23H2,1-5H3,(H,36,41)(H,37,42). The number of aliphatic hydroxyl groups is 1. The maximum atomic E-state index is 13.0. The van der Waals surface area contributed by atoms with Crippen LogP contribution in [-0.4, -0.2) is 76.6 Å². The Morgan fingerprint density at radius 2 is 1.98 bits per heavy atom. The number of piperidine rings is 1. The van der Waals surface area contributed by atoms with Gasteiger partial charge in [-0.2, -0.15) is 0 Å². The van der Waals surface area contributed by atoms with Crippen molar-refractivity contribution in [2.45, 2.75) is 85.3 Å². The Morgan fingerprint density at radius 1 is 1.21 bits per heavy atom. The summed E-state index contributed by atoms with van der Waals surface area (Å²) in [6, 6.07) is 1.95. The fourth-order valence-electron chi connectivity index (χ4n) is 5.50. The summed E-state index contributed by atoms with van der Waals surface area (Å²) in [4.78, 5) is 34.5. The van der Waals surface area contributed by atoms with Gasteiger partial charge in [0.2, 0.25) is 5.91 Å². The molecule has 4 rings (SSSR count). The SMILES string of the molecule is CC(=CCCN1C=CC(C2=CCCC(CO)O2)=CC1C)C(=O)Nc1cc(NC(=O)CCN2CCC(C)(C)CC2)cnc1C. The highest BCUT2D eigenvalue weighted by Crippen LogP contribution is 2.30. The van der Waals surface area contributed by atoms with E-state index in [4.69, 9.17) is 4.74 Å². The quantitative estimate of drug-likeness (QED) is 0.299. The minimum Gasteiger partial charge on any atom is -0.488 e. The number of likely N-dealkylation sites (tertiary alicyclic amines) is 1. The number of ether oxygens (including phenoxy) is 1. The number of aromatic nitrogens is 1. The highest BCUT2D eigenvalue weighted by Gasteiger charge is 2.25. The summed E-state index contributed by atoms with van der Waals surface area (Å²) in [5.74, 6) is 0.602. The molecular weight excluding hydrogens is 542 g/mol. The van der Waals surface area contributed by atoms with Crippen molar-refractivity contribution in [3.8, 4) is 0 Å². The van der Waals surface area contributed by atoms with E-state index in [0.29, 0.717) is 40.9 Å². The number of anilines is 2. The Balaban J connectivity index is 1.23. The van der Waals surface area contributed by atoms with E-state index in [0.717, 1.165) is 63.2 Å². The van der Waals surface area contributed by atoms with Crippen LogP contribution in [0.15, 0.2) is 59.7 Å². The van der Waals surface area contributed by atoms with Crippen molar-refractivity contribution in [3.05, 3.63) is 65.4 Å². The molecule has 9 heteroatoms. The van der Waals surface area contributed by atoms with Crippen LogP contribution in [0.2, 0.25) is 0 Å². The van der Waals surface area contributed by atoms with Crippen molar-refractivity contribution in [1.82, 2.24) is 14.8 Å². The average Bonchev–Trinajstić information content (AvgIpc) is 2.99. The molecule has 0 aliphatic carbocycles. The van der Waals surface area contributed by atoms with Gasteiger partial charge >= 0.3 is 0 Å². The number of hydrogen-bond acceptors (Lipinski definition) is 7. The van der Waals surface area contributed by atoms with E-state index < -0.39 is 0 Å². The normalized spacial score (nSPS) is 22.4. The van der Waals surface area contributed by atoms with Crippen LogP contribution in [0.4, 0.5) is 11.4 Å². The van der Waals surface area contributed by atoms with Gasteiger partial charge in [-0.1, -0.05) is 26.0 Å². The van der Waals surface area contributed by atoms with Gasteiger partial charge in [0, 0.05) is 42.9 Å². The van der Waals surface area contributed by atoms with Gasteiger partial charge < -0.3 is 30.3 Å². The molecule has 0 saturated carbocycles. The minimum atomic E-state index is -0.189. The van der Waals surface area contributed by atoms with Gasteiger partial charge in [-0.15, -0.1) is 0 Å². The first-order valence-corrected chi connectivity index (χ1v) is 15.6. The zero-order chi connectivity index (χ0) is 31.0. The van der Waals surface area contributed by atoms with Crippen LogP contribution in [0.3, 0.4) is 0 Å². The third-order valence-electron chi connectivity index (χ3n) is 8.67. The fraction of sp³-hybridized carbons (Fsp3) is 0.559. The van der Waals surface area contributed by atoms with E-state index in [2.05, 4.69) is 64.5 Å². The molecular formula is C34H49N5O4. The van der Waals surface area contributed by atoms with Gasteiger partial charge in [-0.25, -0.2) is 0 Å². The second kappa shape index (κ2) is 14.8. The van der Waals surface area contributed by atoms with Crippen LogP contribution < -0.4 is 10.6 Å². The summed E-state index contributed by atoms with van der Waals surface area (Å²) in [5.41, 5.74) is 3.91. The summed E-state index contributed by atoms with van der Waals surface area (Å²) >= 11 is 0. The third-order valence-corrected chi connectivity index (χ3v) is 8.67. The lowest BCUT2D eigenvalue weighted by Crippen LogP contribution is -2.38. The Bertz CT molecular complexity index is 1270. The van der Waals surface area contributed by atoms with Crippen LogP contribution in [0.5, 0.6) is 0 Å². The Kier molecular flexibility index (Phi) is 11.2. The summed E-state index contributed by atoms with van der Waals surface area (Å²) in [5, 5.41) is 15.3. The van der Waals surface area contributed by atoms with Crippen molar-refractivity contribution >= 4 is 23.2 Å². The molecule has 1 aromatic rings. The maximum absolute atomic E-state index is 13.0. The number of allylic oxidation sites excluding steroid dienone is 2. The molecule has 1 saturated heterocycles. The Labute approximate surface area is 256 Å². The molecule has 1 fully saturated rings. The Morgan fingerprint density at radius 3 is 2.70 bits per heavy atom. The number of pyridine rings is 1. The van der Waals surface area contributed by atoms with Crippen LogP contribution in [0.25, 0.3) is 0 Å². The molecule has 3 aliphatic heterocycles. The smallest absolute Gasteiger partial charge is 0.251 e. The van der Waals surface area contributed by atoms with Gasteiger partial charge in [-0.3, -0.25) is 14.6 Å². The molecule has 3 N–H and O–H groups in total. The van der Waals surface area contributed by atoms with Crippen molar-refractivity contribution < 1.29 is 19.4 Å². The third kappa shape index (κ3) is 9.53. The van der Waals surface area contributed by atoms with Crippen molar-refractivity contribution in [2.24, 2.45) is 5.41 Å². The van der Waals surface area contributed by atoms with Gasteiger partial charge in [0.05, 0.1) is 29.9 Å². The second-order valence-corrected chi connectivity index (χ2v) is 12.8. The highest BCUT2D eigenvalue weighted by molar-refractivity contribution is 6.04. The Hall–Kier alpha value is -3.43. The topological polar surface area (TPSA) is 107 Å². The number of rotatable bonds is 11. The summed E-state index contributed by atoms with van der Waals surface area (Å²) in [7, 11) is 0. The number of carbonyl (C=O) groups excluding carboxylic acids is 2. The lowest BCUT2D eigenvalue weighted by Gasteiger charge is -2.36. The summed E-state index contributed by atoms with van der Waals surface area (Å²) < 4.78 is 5.91. The summed E-state index contributed by atoms with van der Waals surface area (Å²) in [6.07, 6.45) is 17.0. The number of nitrogens with one attached hydrogen (secondary N) is 2. The molecule has 0 radical (unpaired) electrons. The van der Waals surface area contributed by atoms with E-state index >= 15 is 0 Å². The molecule has 4 heterocycles. The van der Waals surface area contributed by atoms with E-state index in [-0.39, 0.29) is 30.6 Å². The summed E-state index contributed by atoms with van der Waals surface area (Å²) in [6.45, 7) is 14.0. The largest absolute Gasteiger partial charge is 0.488 e. The van der Waals surface area contributed by atoms with Gasteiger partial charge in [0.1, 0.15) is 11.9 Å². The molecule has 0 spiro atoms. The first-order valence-electron chi connectivity index (χ1n) is 15.6. The lowest BCUT2D eigenvalue weighted by molar-refractivity contribution is -0.116. The predicted octanol–water partition coefficient (Wildman–Crippen LogP) is 5.31. The second-order valence-electron chi connectivity index (χ2n) is 12.8. The number of amides is 2. The van der Waals surface area contributed by atoms with E-state index in [9.17, 15) is 14.7 Å². The number of hydrogen-bond donors (Lipinski definition) is 3. The van der Waals surface area contributed by atoms with Crippen molar-refractivity contribution in [1.29, 1.82) is 0 Å². The van der Waals surface area contributed by atoms with Gasteiger partial charge in [-0.05, 0) is 89.6 Å². The van der Waals surface area contributed by atoms with Gasteiger partial charge in [0.25, 0.3) is 5.91 Å². The molecule has 2 atom stereocenters. The lowest BCUT2D eigenvalue weighted by atomic mass is 9.83. The molecule has 9 nitrogen and oxygen atoms in total. The predicted molar refractivity (Wildman–Crippen MR) is 171 cm³/mol. The van der Waals surface area contributed by atoms with Gasteiger partial charge in [0.15, 0.2) is 0 Å². The van der Waals surface area contributed by atoms with Crippen LogP contribution in [0.1, 0.15) is 71.9 Å². The molecule has 43 heavy (non-hydrogen) atoms. The van der Waals surface area contributed by atoms with Crippen LogP contribution >= 0.6 is 0 Å². The fourth-order valence-corrected chi connectivity index (χ4v) is 5.50. The molecule has 234 valence electrons. The minimum absolute atomic E-state index is 0.0330. The van der Waals surface area contributed by atoms with Crippen molar-refractivity contribution in [3.63, 3.8) is 0 Å². The van der Waals surface area contributed by atoms with E-state index in [1.54, 1.807) is 12.3 Å². The average molecular weight is 592 g/mol. The number of aliphatic hydroxyl groups excluding tert-OH is 1. The first kappa shape index (κ1) is 32.5. The van der Waals surface area contributed by atoms with Crippen LogP contribution in [0, 0.1) is 12.3 Å². The highest BCUT2D eigenvalue weighted by atomic mass is 16.5. The van der Waals surface area contributed by atoms with Crippen molar-refractivity contribution in [2.75, 3.05) is 43.4 Å². The zero-order valence-electron chi connectivity index (χ0n) is 26.5. The molecule has 2 unspecified atom stereocenters. The molecule has 0 aromatic carbocycles. The number of carbonyl (C=O) groups is 2. The zero-order valence-corrected chi connectivity index (χ0v) is 26.5. The van der Waals surface area contributed by atoms with E-state index in [1.165, 1.54) is 0 Å². The number of aryl methyl sites for hydroxylation is 1. The first-order chi connectivity index (χ1) is 20.5. The molecule has 1 aromatic heterocycles.